The number of thioether (sulfide) groups is 1. The smallest absolute Gasteiger partial charge is 0.134 e. The van der Waals surface area contributed by atoms with Gasteiger partial charge in [-0.25, -0.2) is 0 Å². The first kappa shape index (κ1) is 22.2. The second kappa shape index (κ2) is 9.64. The zero-order valence-electron chi connectivity index (χ0n) is 18.0. The summed E-state index contributed by atoms with van der Waals surface area (Å²) < 4.78 is 0. The summed E-state index contributed by atoms with van der Waals surface area (Å²) >= 11 is 8.00. The molecular weight excluding hydrogens is 424 g/mol. The number of aliphatic imine (C=N–C) groups is 1. The lowest BCUT2D eigenvalue weighted by Crippen LogP contribution is -2.40. The molecule has 0 fully saturated rings. The van der Waals surface area contributed by atoms with Gasteiger partial charge in [0.05, 0.1) is 16.6 Å². The Kier molecular flexibility index (Phi) is 6.90. The highest BCUT2D eigenvalue weighted by Gasteiger charge is 2.37. The molecule has 0 radical (unpaired) electrons. The van der Waals surface area contributed by atoms with Gasteiger partial charge in [-0.1, -0.05) is 42.0 Å². The zero-order chi connectivity index (χ0) is 22.0. The van der Waals surface area contributed by atoms with E-state index in [4.69, 9.17) is 16.6 Å². The Morgan fingerprint density at radius 1 is 1.26 bits per heavy atom. The quantitative estimate of drug-likeness (QED) is 0.352. The number of aromatic hydroxyl groups is 1. The van der Waals surface area contributed by atoms with E-state index in [1.807, 2.05) is 24.3 Å². The number of fused-ring (bicyclic) bond motifs is 5. The fraction of sp³-hybridized carbons (Fsp3) is 0.346. The van der Waals surface area contributed by atoms with Crippen LogP contribution in [0.4, 0.5) is 0 Å². The van der Waals surface area contributed by atoms with Gasteiger partial charge < -0.3 is 10.0 Å². The molecule has 162 valence electrons. The Morgan fingerprint density at radius 3 is 2.87 bits per heavy atom. The standard InChI is InChI=1S/C26H29ClN2OS/c1-4-12-28-26(31-14-5-2)20-8-6-7-19-18(20)9-10-23-25(19)21-16-24(30)22(27)15-17(21)11-13-29(23)3/h4-8,15-16,23,25,30H,1-2,9-14H2,3H3. The van der Waals surface area contributed by atoms with Gasteiger partial charge in [0.25, 0.3) is 0 Å². The third kappa shape index (κ3) is 4.34. The third-order valence-electron chi connectivity index (χ3n) is 6.40. The van der Waals surface area contributed by atoms with Gasteiger partial charge in [0.2, 0.25) is 0 Å². The van der Waals surface area contributed by atoms with Crippen LogP contribution in [0, 0.1) is 0 Å². The first-order valence-corrected chi connectivity index (χ1v) is 12.1. The zero-order valence-corrected chi connectivity index (χ0v) is 19.6. The van der Waals surface area contributed by atoms with Crippen molar-refractivity contribution in [2.45, 2.75) is 31.2 Å². The largest absolute Gasteiger partial charge is 0.506 e. The molecule has 0 saturated heterocycles. The summed E-state index contributed by atoms with van der Waals surface area (Å²) in [5, 5.41) is 11.9. The Morgan fingerprint density at radius 2 is 2.10 bits per heavy atom. The first-order valence-electron chi connectivity index (χ1n) is 10.8. The number of phenols is 1. The number of likely N-dealkylation sites (N-methyl/N-ethyl adjacent to an activating group) is 1. The second-order valence-corrected chi connectivity index (χ2v) is 9.64. The minimum Gasteiger partial charge on any atom is -0.506 e. The number of benzene rings is 2. The highest BCUT2D eigenvalue weighted by molar-refractivity contribution is 8.14. The van der Waals surface area contributed by atoms with Gasteiger partial charge in [-0.2, -0.15) is 0 Å². The maximum atomic E-state index is 10.4. The third-order valence-corrected chi connectivity index (χ3v) is 7.73. The van der Waals surface area contributed by atoms with Crippen LogP contribution in [0.1, 0.15) is 40.2 Å². The molecule has 0 saturated carbocycles. The van der Waals surface area contributed by atoms with E-state index in [1.165, 1.54) is 27.8 Å². The second-order valence-electron chi connectivity index (χ2n) is 8.22. The lowest BCUT2D eigenvalue weighted by atomic mass is 9.73. The van der Waals surface area contributed by atoms with Crippen LogP contribution >= 0.6 is 23.4 Å². The van der Waals surface area contributed by atoms with Crippen molar-refractivity contribution in [3.05, 3.63) is 88.5 Å². The molecule has 1 aliphatic carbocycles. The molecule has 1 aliphatic heterocycles. The van der Waals surface area contributed by atoms with Crippen LogP contribution in [0.2, 0.25) is 5.02 Å². The molecule has 2 aromatic carbocycles. The molecule has 31 heavy (non-hydrogen) atoms. The average molecular weight is 453 g/mol. The monoisotopic (exact) mass is 452 g/mol. The Bertz CT molecular complexity index is 1030. The highest BCUT2D eigenvalue weighted by atomic mass is 35.5. The topological polar surface area (TPSA) is 35.8 Å². The predicted molar refractivity (Wildman–Crippen MR) is 134 cm³/mol. The van der Waals surface area contributed by atoms with E-state index in [2.05, 4.69) is 43.3 Å². The summed E-state index contributed by atoms with van der Waals surface area (Å²) in [4.78, 5) is 7.29. The Balaban J connectivity index is 1.87. The summed E-state index contributed by atoms with van der Waals surface area (Å²) in [5.41, 5.74) is 6.38. The van der Waals surface area contributed by atoms with Gasteiger partial charge in [-0.05, 0) is 60.7 Å². The number of hydrogen-bond acceptors (Lipinski definition) is 4. The Hall–Kier alpha value is -2.01. The molecule has 0 spiro atoms. The van der Waals surface area contributed by atoms with Crippen LogP contribution < -0.4 is 0 Å². The van der Waals surface area contributed by atoms with Crippen LogP contribution in [0.3, 0.4) is 0 Å². The van der Waals surface area contributed by atoms with Crippen LogP contribution in [0.5, 0.6) is 5.75 Å². The minimum absolute atomic E-state index is 0.168. The molecule has 0 amide bonds. The predicted octanol–water partition coefficient (Wildman–Crippen LogP) is 5.83. The molecule has 2 unspecified atom stereocenters. The summed E-state index contributed by atoms with van der Waals surface area (Å²) in [6.45, 7) is 9.30. The van der Waals surface area contributed by atoms with Crippen molar-refractivity contribution in [2.24, 2.45) is 4.99 Å². The van der Waals surface area contributed by atoms with E-state index >= 15 is 0 Å². The van der Waals surface area contributed by atoms with Crippen LogP contribution in [0.15, 0.2) is 60.6 Å². The van der Waals surface area contributed by atoms with Crippen molar-refractivity contribution in [3.8, 4) is 5.75 Å². The van der Waals surface area contributed by atoms with Crippen molar-refractivity contribution < 1.29 is 5.11 Å². The molecule has 1 heterocycles. The molecule has 5 heteroatoms. The SMILES string of the molecule is C=CCN=C(SCC=C)c1cccc2c1CCC1C2c2cc(O)c(Cl)cc2CCN1C. The van der Waals surface area contributed by atoms with E-state index in [0.717, 1.165) is 36.6 Å². The molecule has 0 aromatic heterocycles. The molecular formula is C26H29ClN2OS. The van der Waals surface area contributed by atoms with E-state index in [1.54, 1.807) is 11.8 Å². The van der Waals surface area contributed by atoms with Crippen molar-refractivity contribution in [2.75, 3.05) is 25.9 Å². The summed E-state index contributed by atoms with van der Waals surface area (Å²) in [6.07, 6.45) is 6.79. The van der Waals surface area contributed by atoms with E-state index in [9.17, 15) is 5.11 Å². The van der Waals surface area contributed by atoms with Gasteiger partial charge in [-0.15, -0.1) is 24.9 Å². The van der Waals surface area contributed by atoms with E-state index in [-0.39, 0.29) is 11.7 Å². The lowest BCUT2D eigenvalue weighted by Gasteiger charge is -2.39. The molecule has 1 N–H and O–H groups in total. The van der Waals surface area contributed by atoms with Crippen LogP contribution in [0.25, 0.3) is 0 Å². The number of rotatable bonds is 5. The summed E-state index contributed by atoms with van der Waals surface area (Å²) in [7, 11) is 2.22. The van der Waals surface area contributed by atoms with Gasteiger partial charge in [-0.3, -0.25) is 4.99 Å². The fourth-order valence-electron chi connectivity index (χ4n) is 4.97. The maximum Gasteiger partial charge on any atom is 0.134 e. The van der Waals surface area contributed by atoms with Gasteiger partial charge in [0.1, 0.15) is 5.75 Å². The van der Waals surface area contributed by atoms with Crippen molar-refractivity contribution in [1.29, 1.82) is 0 Å². The molecule has 2 aromatic rings. The van der Waals surface area contributed by atoms with Gasteiger partial charge in [0.15, 0.2) is 0 Å². The minimum atomic E-state index is 0.168. The lowest BCUT2D eigenvalue weighted by molar-refractivity contribution is 0.214. The molecule has 2 atom stereocenters. The van der Waals surface area contributed by atoms with Crippen molar-refractivity contribution >= 4 is 28.4 Å². The number of hydrogen-bond donors (Lipinski definition) is 1. The molecule has 3 nitrogen and oxygen atoms in total. The summed E-state index contributed by atoms with van der Waals surface area (Å²) in [5.74, 6) is 1.20. The highest BCUT2D eigenvalue weighted by Crippen LogP contribution is 2.45. The molecule has 4 rings (SSSR count). The number of phenolic OH excluding ortho intramolecular Hbond substituents is 1. The number of nitrogens with zero attached hydrogens (tertiary/aromatic N) is 2. The fourth-order valence-corrected chi connectivity index (χ4v) is 5.95. The first-order chi connectivity index (χ1) is 15.0. The maximum absolute atomic E-state index is 10.4. The van der Waals surface area contributed by atoms with Crippen molar-refractivity contribution in [3.63, 3.8) is 0 Å². The number of halogens is 1. The normalized spacial score (nSPS) is 20.9. The van der Waals surface area contributed by atoms with Crippen molar-refractivity contribution in [1.82, 2.24) is 4.90 Å². The van der Waals surface area contributed by atoms with Crippen LogP contribution in [-0.4, -0.2) is 47.0 Å². The van der Waals surface area contributed by atoms with Gasteiger partial charge >= 0.3 is 0 Å². The molecule has 2 aliphatic rings. The van der Waals surface area contributed by atoms with Crippen LogP contribution in [-0.2, 0) is 12.8 Å². The average Bonchev–Trinajstić information content (AvgIpc) is 2.91. The Labute approximate surface area is 194 Å². The van der Waals surface area contributed by atoms with E-state index < -0.39 is 0 Å². The summed E-state index contributed by atoms with van der Waals surface area (Å²) in [6, 6.07) is 10.9. The molecule has 0 bridgehead atoms. The van der Waals surface area contributed by atoms with E-state index in [0.29, 0.717) is 17.6 Å². The van der Waals surface area contributed by atoms with Gasteiger partial charge in [0, 0.05) is 29.8 Å².